The summed E-state index contributed by atoms with van der Waals surface area (Å²) in [6, 6.07) is 3.14. The highest BCUT2D eigenvalue weighted by atomic mass is 32.1. The van der Waals surface area contributed by atoms with Gasteiger partial charge in [-0.1, -0.05) is 6.58 Å². The average Bonchev–Trinajstić information content (AvgIpc) is 2.26. The molecular weight excluding hydrogens is 233 g/mol. The quantitative estimate of drug-likeness (QED) is 0.374. The molecule has 0 aliphatic heterocycles. The molecule has 1 aromatic rings. The number of hydrogen-bond acceptors (Lipinski definition) is 4. The van der Waals surface area contributed by atoms with Crippen molar-refractivity contribution >= 4 is 18.3 Å². The van der Waals surface area contributed by atoms with Crippen LogP contribution in [0.15, 0.2) is 30.4 Å². The van der Waals surface area contributed by atoms with Crippen molar-refractivity contribution in [3.63, 3.8) is 0 Å². The number of benzene rings is 1. The van der Waals surface area contributed by atoms with Crippen molar-refractivity contribution in [3.05, 3.63) is 46.3 Å². The van der Waals surface area contributed by atoms with E-state index in [0.717, 1.165) is 12.1 Å². The van der Waals surface area contributed by atoms with Crippen LogP contribution in [0.1, 0.15) is 0 Å². The highest BCUT2D eigenvalue weighted by molar-refractivity contribution is 7.80. The zero-order chi connectivity index (χ0) is 12.1. The third kappa shape index (κ3) is 3.23. The van der Waals surface area contributed by atoms with Gasteiger partial charge in [-0.25, -0.2) is 4.39 Å². The van der Waals surface area contributed by atoms with Crippen LogP contribution in [-0.4, -0.2) is 17.3 Å². The van der Waals surface area contributed by atoms with E-state index in [4.69, 9.17) is 4.74 Å². The predicted octanol–water partition coefficient (Wildman–Crippen LogP) is 2.60. The summed E-state index contributed by atoms with van der Waals surface area (Å²) >= 11 is 3.97. The molecule has 0 radical (unpaired) electrons. The maximum Gasteiger partial charge on any atom is 0.313 e. The van der Waals surface area contributed by atoms with E-state index in [1.807, 2.05) is 0 Å². The summed E-state index contributed by atoms with van der Waals surface area (Å²) in [4.78, 5) is 9.92. The molecule has 0 unspecified atom stereocenters. The highest BCUT2D eigenvalue weighted by Crippen LogP contribution is 2.27. The molecule has 1 rings (SSSR count). The van der Waals surface area contributed by atoms with Gasteiger partial charge in [0.1, 0.15) is 12.4 Å². The summed E-state index contributed by atoms with van der Waals surface area (Å²) in [5, 5.41) is 10.6. The molecule has 4 nitrogen and oxygen atoms in total. The van der Waals surface area contributed by atoms with Gasteiger partial charge in [0.05, 0.1) is 11.0 Å². The Morgan fingerprint density at radius 3 is 2.88 bits per heavy atom. The Bertz CT molecular complexity index is 423. The van der Waals surface area contributed by atoms with E-state index in [0.29, 0.717) is 11.3 Å². The molecule has 0 fully saturated rings. The normalized spacial score (nSPS) is 9.88. The zero-order valence-electron chi connectivity index (χ0n) is 8.35. The summed E-state index contributed by atoms with van der Waals surface area (Å²) in [7, 11) is 0. The Balaban J connectivity index is 2.87. The third-order valence-electron chi connectivity index (χ3n) is 1.77. The Morgan fingerprint density at radius 1 is 1.62 bits per heavy atom. The Hall–Kier alpha value is -1.56. The van der Waals surface area contributed by atoms with Crippen LogP contribution in [0.25, 0.3) is 0 Å². The molecule has 16 heavy (non-hydrogen) atoms. The van der Waals surface area contributed by atoms with E-state index in [-0.39, 0.29) is 12.4 Å². The van der Waals surface area contributed by atoms with Crippen molar-refractivity contribution in [2.75, 3.05) is 12.4 Å². The second-order valence-corrected chi connectivity index (χ2v) is 3.38. The van der Waals surface area contributed by atoms with Gasteiger partial charge in [-0.05, 0) is 17.7 Å². The van der Waals surface area contributed by atoms with E-state index in [1.54, 1.807) is 0 Å². The SMILES string of the molecule is C=C(CS)COc1ccc(F)cc1[N+](=O)[O-]. The number of nitro groups is 1. The van der Waals surface area contributed by atoms with Gasteiger partial charge >= 0.3 is 5.69 Å². The van der Waals surface area contributed by atoms with Crippen molar-refractivity contribution < 1.29 is 14.1 Å². The largest absolute Gasteiger partial charge is 0.482 e. The molecular formula is C10H10FNO3S. The van der Waals surface area contributed by atoms with Crippen molar-refractivity contribution in [2.24, 2.45) is 0 Å². The molecule has 0 aliphatic rings. The fraction of sp³-hybridized carbons (Fsp3) is 0.200. The van der Waals surface area contributed by atoms with Gasteiger partial charge in [0.15, 0.2) is 5.75 Å². The number of rotatable bonds is 5. The Morgan fingerprint density at radius 2 is 2.31 bits per heavy atom. The van der Waals surface area contributed by atoms with Crippen molar-refractivity contribution in [1.82, 2.24) is 0 Å². The van der Waals surface area contributed by atoms with E-state index in [9.17, 15) is 14.5 Å². The first-order valence-corrected chi connectivity index (χ1v) is 5.02. The van der Waals surface area contributed by atoms with E-state index in [1.165, 1.54) is 6.07 Å². The molecule has 0 aromatic heterocycles. The van der Waals surface area contributed by atoms with Crippen LogP contribution >= 0.6 is 12.6 Å². The Kier molecular flexibility index (Phi) is 4.30. The van der Waals surface area contributed by atoms with Crippen LogP contribution in [0.4, 0.5) is 10.1 Å². The minimum Gasteiger partial charge on any atom is -0.482 e. The molecule has 0 aliphatic carbocycles. The molecule has 0 saturated heterocycles. The van der Waals surface area contributed by atoms with Crippen LogP contribution in [0.2, 0.25) is 0 Å². The molecule has 0 atom stereocenters. The summed E-state index contributed by atoms with van der Waals surface area (Å²) in [6.45, 7) is 3.76. The van der Waals surface area contributed by atoms with Gasteiger partial charge in [0, 0.05) is 5.75 Å². The van der Waals surface area contributed by atoms with E-state index in [2.05, 4.69) is 19.2 Å². The molecule has 0 heterocycles. The van der Waals surface area contributed by atoms with Gasteiger partial charge in [-0.2, -0.15) is 12.6 Å². The summed E-state index contributed by atoms with van der Waals surface area (Å²) in [5.74, 6) is -0.226. The minimum absolute atomic E-state index is 0.0225. The molecule has 0 N–H and O–H groups in total. The number of halogens is 1. The van der Waals surface area contributed by atoms with Gasteiger partial charge in [0.25, 0.3) is 0 Å². The van der Waals surface area contributed by atoms with Crippen LogP contribution in [0.5, 0.6) is 5.75 Å². The predicted molar refractivity (Wildman–Crippen MR) is 61.5 cm³/mol. The first kappa shape index (κ1) is 12.5. The number of ether oxygens (including phenoxy) is 1. The van der Waals surface area contributed by atoms with Gasteiger partial charge in [-0.3, -0.25) is 10.1 Å². The molecule has 0 bridgehead atoms. The zero-order valence-corrected chi connectivity index (χ0v) is 9.24. The molecule has 86 valence electrons. The lowest BCUT2D eigenvalue weighted by molar-refractivity contribution is -0.386. The molecule has 0 spiro atoms. The Labute approximate surface area is 97.3 Å². The van der Waals surface area contributed by atoms with Crippen molar-refractivity contribution in [1.29, 1.82) is 0 Å². The number of nitro benzene ring substituents is 1. The smallest absolute Gasteiger partial charge is 0.313 e. The standard InChI is InChI=1S/C10H10FNO3S/c1-7(6-16)5-15-10-3-2-8(11)4-9(10)12(13)14/h2-4,16H,1,5-6H2. The van der Waals surface area contributed by atoms with Crippen LogP contribution in [0, 0.1) is 15.9 Å². The topological polar surface area (TPSA) is 52.4 Å². The summed E-state index contributed by atoms with van der Waals surface area (Å²) < 4.78 is 17.9. The lowest BCUT2D eigenvalue weighted by Gasteiger charge is -2.07. The lowest BCUT2D eigenvalue weighted by Crippen LogP contribution is -2.03. The maximum absolute atomic E-state index is 12.8. The number of hydrogen-bond donors (Lipinski definition) is 1. The van der Waals surface area contributed by atoms with E-state index >= 15 is 0 Å². The molecule has 0 amide bonds. The van der Waals surface area contributed by atoms with Crippen LogP contribution in [0.3, 0.4) is 0 Å². The van der Waals surface area contributed by atoms with Gasteiger partial charge in [0.2, 0.25) is 0 Å². The summed E-state index contributed by atoms with van der Waals surface area (Å²) in [5.41, 5.74) is 0.286. The highest BCUT2D eigenvalue weighted by Gasteiger charge is 2.16. The second-order valence-electron chi connectivity index (χ2n) is 3.07. The van der Waals surface area contributed by atoms with E-state index < -0.39 is 16.4 Å². The van der Waals surface area contributed by atoms with Crippen LogP contribution < -0.4 is 4.74 Å². The first-order valence-electron chi connectivity index (χ1n) is 4.39. The fourth-order valence-electron chi connectivity index (χ4n) is 0.981. The third-order valence-corrected chi connectivity index (χ3v) is 2.22. The second kappa shape index (κ2) is 5.50. The number of thiol groups is 1. The lowest BCUT2D eigenvalue weighted by atomic mass is 10.3. The average molecular weight is 243 g/mol. The monoisotopic (exact) mass is 243 g/mol. The maximum atomic E-state index is 12.8. The van der Waals surface area contributed by atoms with Gasteiger partial charge in [-0.15, -0.1) is 0 Å². The molecule has 1 aromatic carbocycles. The minimum atomic E-state index is -0.693. The fourth-order valence-corrected chi connectivity index (χ4v) is 1.07. The number of nitrogens with zero attached hydrogens (tertiary/aromatic N) is 1. The summed E-state index contributed by atoms with van der Waals surface area (Å²) in [6.07, 6.45) is 0. The van der Waals surface area contributed by atoms with Crippen molar-refractivity contribution in [3.8, 4) is 5.75 Å². The first-order chi connectivity index (χ1) is 7.54. The molecule has 6 heteroatoms. The molecule has 0 saturated carbocycles. The van der Waals surface area contributed by atoms with Crippen molar-refractivity contribution in [2.45, 2.75) is 0 Å². The van der Waals surface area contributed by atoms with Crippen LogP contribution in [-0.2, 0) is 0 Å². The van der Waals surface area contributed by atoms with Gasteiger partial charge < -0.3 is 4.74 Å².